The highest BCUT2D eigenvalue weighted by Gasteiger charge is 2.23. The summed E-state index contributed by atoms with van der Waals surface area (Å²) in [4.78, 5) is 25.4. The van der Waals surface area contributed by atoms with Gasteiger partial charge in [-0.2, -0.15) is 0 Å². The Bertz CT molecular complexity index is 1010. The molecule has 0 radical (unpaired) electrons. The van der Waals surface area contributed by atoms with Crippen LogP contribution in [-0.2, 0) is 11.2 Å². The number of carbonyl (C=O) groups is 2. The minimum absolute atomic E-state index is 0.0660. The fourth-order valence-electron chi connectivity index (χ4n) is 3.21. The molecular formula is C21H21BrN2O3. The Morgan fingerprint density at radius 1 is 1.15 bits per heavy atom. The van der Waals surface area contributed by atoms with E-state index in [1.54, 1.807) is 41.8 Å². The second-order valence-corrected chi connectivity index (χ2v) is 7.33. The second kappa shape index (κ2) is 7.96. The van der Waals surface area contributed by atoms with Crippen LogP contribution in [-0.4, -0.2) is 28.0 Å². The van der Waals surface area contributed by atoms with Crippen molar-refractivity contribution in [2.75, 3.05) is 6.54 Å². The molecule has 2 aromatic carbocycles. The predicted molar refractivity (Wildman–Crippen MR) is 109 cm³/mol. The largest absolute Gasteiger partial charge is 0.507 e. The van der Waals surface area contributed by atoms with Gasteiger partial charge in [-0.3, -0.25) is 14.2 Å². The zero-order valence-electron chi connectivity index (χ0n) is 15.3. The summed E-state index contributed by atoms with van der Waals surface area (Å²) in [6.45, 7) is 4.39. The Balaban J connectivity index is 2.12. The molecule has 0 spiro atoms. The van der Waals surface area contributed by atoms with Crippen molar-refractivity contribution in [2.24, 2.45) is 0 Å². The van der Waals surface area contributed by atoms with Crippen LogP contribution in [0, 0.1) is 6.92 Å². The monoisotopic (exact) mass is 428 g/mol. The highest BCUT2D eigenvalue weighted by Crippen LogP contribution is 2.33. The van der Waals surface area contributed by atoms with Gasteiger partial charge in [-0.25, -0.2) is 0 Å². The van der Waals surface area contributed by atoms with Gasteiger partial charge in [-0.15, -0.1) is 0 Å². The standard InChI is InChI=1S/C21H21BrN2O3/c1-3-11-23-19(26)12-16-13(2)24(17-5-4-6-18(25)20(16)17)21(27)14-7-9-15(22)10-8-14/h4-10,25H,3,11-12H2,1-2H3,(H,23,26). The molecule has 6 heteroatoms. The van der Waals surface area contributed by atoms with Gasteiger partial charge in [0.2, 0.25) is 5.91 Å². The van der Waals surface area contributed by atoms with Crippen molar-refractivity contribution in [3.05, 3.63) is 63.8 Å². The summed E-state index contributed by atoms with van der Waals surface area (Å²) in [5.74, 6) is -0.259. The van der Waals surface area contributed by atoms with Crippen LogP contribution >= 0.6 is 15.9 Å². The highest BCUT2D eigenvalue weighted by atomic mass is 79.9. The molecule has 3 rings (SSSR count). The molecule has 0 atom stereocenters. The summed E-state index contributed by atoms with van der Waals surface area (Å²) in [6.07, 6.45) is 0.959. The van der Waals surface area contributed by atoms with Crippen LogP contribution in [0.4, 0.5) is 0 Å². The second-order valence-electron chi connectivity index (χ2n) is 6.41. The van der Waals surface area contributed by atoms with Gasteiger partial charge in [0, 0.05) is 27.7 Å². The molecule has 0 aliphatic carbocycles. The number of phenolic OH excluding ortho intramolecular Hbond substituents is 1. The van der Waals surface area contributed by atoms with Crippen molar-refractivity contribution in [3.63, 3.8) is 0 Å². The minimum atomic E-state index is -0.198. The van der Waals surface area contributed by atoms with Crippen molar-refractivity contribution < 1.29 is 14.7 Å². The molecule has 5 nitrogen and oxygen atoms in total. The maximum Gasteiger partial charge on any atom is 0.262 e. The topological polar surface area (TPSA) is 71.3 Å². The van der Waals surface area contributed by atoms with Gasteiger partial charge < -0.3 is 10.4 Å². The zero-order chi connectivity index (χ0) is 19.6. The molecule has 0 aliphatic rings. The van der Waals surface area contributed by atoms with E-state index in [2.05, 4.69) is 21.2 Å². The number of nitrogens with zero attached hydrogens (tertiary/aromatic N) is 1. The highest BCUT2D eigenvalue weighted by molar-refractivity contribution is 9.10. The summed E-state index contributed by atoms with van der Waals surface area (Å²) in [5.41, 5.74) is 2.45. The van der Waals surface area contributed by atoms with Crippen LogP contribution in [0.15, 0.2) is 46.9 Å². The first-order chi connectivity index (χ1) is 12.9. The zero-order valence-corrected chi connectivity index (χ0v) is 16.8. The Hall–Kier alpha value is -2.60. The minimum Gasteiger partial charge on any atom is -0.507 e. The molecule has 27 heavy (non-hydrogen) atoms. The molecular weight excluding hydrogens is 408 g/mol. The number of aromatic hydroxyl groups is 1. The molecule has 1 heterocycles. The van der Waals surface area contributed by atoms with Gasteiger partial charge >= 0.3 is 0 Å². The van der Waals surface area contributed by atoms with E-state index >= 15 is 0 Å². The summed E-state index contributed by atoms with van der Waals surface area (Å²) in [7, 11) is 0. The van der Waals surface area contributed by atoms with E-state index in [1.165, 1.54) is 0 Å². The number of halogens is 1. The molecule has 2 N–H and O–H groups in total. The van der Waals surface area contributed by atoms with Gasteiger partial charge in [0.25, 0.3) is 5.91 Å². The summed E-state index contributed by atoms with van der Waals surface area (Å²) >= 11 is 3.37. The molecule has 1 amide bonds. The average Bonchev–Trinajstić information content (AvgIpc) is 2.93. The third kappa shape index (κ3) is 3.76. The molecule has 0 saturated carbocycles. The van der Waals surface area contributed by atoms with Crippen molar-refractivity contribution >= 4 is 38.6 Å². The lowest BCUT2D eigenvalue weighted by Gasteiger charge is -2.08. The van der Waals surface area contributed by atoms with Crippen LogP contribution in [0.5, 0.6) is 5.75 Å². The first-order valence-corrected chi connectivity index (χ1v) is 9.62. The van der Waals surface area contributed by atoms with Crippen LogP contribution in [0.1, 0.15) is 35.0 Å². The summed E-state index contributed by atoms with van der Waals surface area (Å²) in [6, 6.07) is 12.2. The fourth-order valence-corrected chi connectivity index (χ4v) is 3.47. The first-order valence-electron chi connectivity index (χ1n) is 8.82. The Morgan fingerprint density at radius 2 is 1.85 bits per heavy atom. The first kappa shape index (κ1) is 19.2. The molecule has 0 saturated heterocycles. The van der Waals surface area contributed by atoms with E-state index in [0.717, 1.165) is 10.9 Å². The maximum atomic E-state index is 13.1. The number of aromatic nitrogens is 1. The lowest BCUT2D eigenvalue weighted by Crippen LogP contribution is -2.26. The number of rotatable bonds is 5. The average molecular weight is 429 g/mol. The Labute approximate surface area is 166 Å². The van der Waals surface area contributed by atoms with E-state index in [1.807, 2.05) is 19.1 Å². The molecule has 1 aromatic heterocycles. The number of benzene rings is 2. The molecule has 0 bridgehead atoms. The van der Waals surface area contributed by atoms with Gasteiger partial charge in [0.05, 0.1) is 11.9 Å². The number of nitrogens with one attached hydrogen (secondary N) is 1. The van der Waals surface area contributed by atoms with Gasteiger partial charge in [0.15, 0.2) is 0 Å². The number of hydrogen-bond acceptors (Lipinski definition) is 3. The Morgan fingerprint density at radius 3 is 2.52 bits per heavy atom. The van der Waals surface area contributed by atoms with E-state index in [0.29, 0.717) is 34.3 Å². The number of phenols is 1. The van der Waals surface area contributed by atoms with Crippen LogP contribution in [0.3, 0.4) is 0 Å². The molecule has 0 unspecified atom stereocenters. The molecule has 0 fully saturated rings. The van der Waals surface area contributed by atoms with E-state index in [4.69, 9.17) is 0 Å². The van der Waals surface area contributed by atoms with E-state index < -0.39 is 0 Å². The van der Waals surface area contributed by atoms with Crippen molar-refractivity contribution in [2.45, 2.75) is 26.7 Å². The van der Waals surface area contributed by atoms with Gasteiger partial charge in [0.1, 0.15) is 5.75 Å². The van der Waals surface area contributed by atoms with Gasteiger partial charge in [-0.05, 0) is 55.3 Å². The summed E-state index contributed by atoms with van der Waals surface area (Å²) < 4.78 is 2.46. The van der Waals surface area contributed by atoms with Crippen LogP contribution in [0.25, 0.3) is 10.9 Å². The lowest BCUT2D eigenvalue weighted by atomic mass is 10.1. The van der Waals surface area contributed by atoms with E-state index in [9.17, 15) is 14.7 Å². The van der Waals surface area contributed by atoms with E-state index in [-0.39, 0.29) is 24.0 Å². The summed E-state index contributed by atoms with van der Waals surface area (Å²) in [5, 5.41) is 13.8. The van der Waals surface area contributed by atoms with Crippen molar-refractivity contribution in [1.82, 2.24) is 9.88 Å². The third-order valence-corrected chi connectivity index (χ3v) is 5.07. The molecule has 0 aliphatic heterocycles. The maximum absolute atomic E-state index is 13.1. The SMILES string of the molecule is CCCNC(=O)Cc1c(C)n(C(=O)c2ccc(Br)cc2)c2cccc(O)c12. The van der Waals surface area contributed by atoms with Gasteiger partial charge in [-0.1, -0.05) is 28.9 Å². The smallest absolute Gasteiger partial charge is 0.262 e. The number of hydrogen-bond donors (Lipinski definition) is 2. The third-order valence-electron chi connectivity index (χ3n) is 4.54. The molecule has 140 valence electrons. The number of carbonyl (C=O) groups excluding carboxylic acids is 2. The van der Waals surface area contributed by atoms with Crippen LogP contribution < -0.4 is 5.32 Å². The fraction of sp³-hybridized carbons (Fsp3) is 0.238. The predicted octanol–water partition coefficient (Wildman–Crippen LogP) is 4.18. The van der Waals surface area contributed by atoms with Crippen molar-refractivity contribution in [3.8, 4) is 5.75 Å². The quantitative estimate of drug-likeness (QED) is 0.640. The lowest BCUT2D eigenvalue weighted by molar-refractivity contribution is -0.120. The normalized spacial score (nSPS) is 10.9. The van der Waals surface area contributed by atoms with Crippen LogP contribution in [0.2, 0.25) is 0 Å². The van der Waals surface area contributed by atoms with Crippen molar-refractivity contribution in [1.29, 1.82) is 0 Å². The molecule has 3 aromatic rings. The number of amides is 1. The number of fused-ring (bicyclic) bond motifs is 1. The Kier molecular flexibility index (Phi) is 5.65.